The van der Waals surface area contributed by atoms with Crippen LogP contribution in [0.3, 0.4) is 0 Å². The van der Waals surface area contributed by atoms with Crippen molar-refractivity contribution in [3.8, 4) is 17.6 Å². The monoisotopic (exact) mass is 172 g/mol. The molecule has 0 spiro atoms. The third-order valence-electron chi connectivity index (χ3n) is 1.55. The molecule has 66 valence electrons. The summed E-state index contributed by atoms with van der Waals surface area (Å²) in [5, 5.41) is 0. The minimum absolute atomic E-state index is 0.719. The Labute approximate surface area is 79.0 Å². The van der Waals surface area contributed by atoms with Crippen LogP contribution in [-0.2, 0) is 0 Å². The molecule has 0 amide bonds. The van der Waals surface area contributed by atoms with Crippen LogP contribution in [0.4, 0.5) is 0 Å². The summed E-state index contributed by atoms with van der Waals surface area (Å²) in [5.74, 6) is 6.84. The van der Waals surface area contributed by atoms with Gasteiger partial charge in [0.15, 0.2) is 0 Å². The van der Waals surface area contributed by atoms with Crippen molar-refractivity contribution in [2.75, 3.05) is 7.11 Å². The van der Waals surface area contributed by atoms with Crippen LogP contribution >= 0.6 is 0 Å². The minimum atomic E-state index is 0.719. The highest BCUT2D eigenvalue weighted by Gasteiger charge is 1.90. The Bertz CT molecular complexity index is 342. The third kappa shape index (κ3) is 3.04. The number of ether oxygens (including phenoxy) is 1. The second-order valence-corrected chi connectivity index (χ2v) is 2.53. The molecule has 0 bridgehead atoms. The second kappa shape index (κ2) is 5.05. The predicted molar refractivity (Wildman–Crippen MR) is 54.7 cm³/mol. The molecule has 0 aliphatic carbocycles. The fourth-order valence-electron chi connectivity index (χ4n) is 0.926. The molecule has 0 saturated carbocycles. The van der Waals surface area contributed by atoms with E-state index in [1.165, 1.54) is 0 Å². The van der Waals surface area contributed by atoms with Gasteiger partial charge >= 0.3 is 0 Å². The van der Waals surface area contributed by atoms with Gasteiger partial charge in [-0.25, -0.2) is 0 Å². The van der Waals surface area contributed by atoms with Gasteiger partial charge in [0, 0.05) is 12.0 Å². The first-order valence-electron chi connectivity index (χ1n) is 4.10. The molecular formula is C12H12O. The first-order valence-corrected chi connectivity index (χ1v) is 4.10. The van der Waals surface area contributed by atoms with E-state index in [2.05, 4.69) is 18.4 Å². The Morgan fingerprint density at radius 2 is 2.38 bits per heavy atom. The molecule has 0 saturated heterocycles. The van der Waals surface area contributed by atoms with Gasteiger partial charge in [-0.3, -0.25) is 0 Å². The molecule has 0 atom stereocenters. The first-order chi connectivity index (χ1) is 6.36. The summed E-state index contributed by atoms with van der Waals surface area (Å²) in [5.41, 5.74) is 0.973. The van der Waals surface area contributed by atoms with Gasteiger partial charge in [0.2, 0.25) is 0 Å². The van der Waals surface area contributed by atoms with Gasteiger partial charge in [-0.15, -0.1) is 6.58 Å². The maximum absolute atomic E-state index is 5.07. The van der Waals surface area contributed by atoms with E-state index in [0.717, 1.165) is 17.7 Å². The van der Waals surface area contributed by atoms with Gasteiger partial charge in [-0.2, -0.15) is 0 Å². The summed E-state index contributed by atoms with van der Waals surface area (Å²) in [6.07, 6.45) is 2.50. The molecule has 0 unspecified atom stereocenters. The van der Waals surface area contributed by atoms with E-state index in [1.807, 2.05) is 24.3 Å². The van der Waals surface area contributed by atoms with Crippen molar-refractivity contribution < 1.29 is 4.74 Å². The van der Waals surface area contributed by atoms with E-state index in [1.54, 1.807) is 13.2 Å². The number of methoxy groups -OCH3 is 1. The van der Waals surface area contributed by atoms with E-state index < -0.39 is 0 Å². The zero-order valence-corrected chi connectivity index (χ0v) is 7.71. The SMILES string of the molecule is C=CCC#Cc1cccc(OC)c1. The lowest BCUT2D eigenvalue weighted by Gasteiger charge is -1.97. The topological polar surface area (TPSA) is 9.23 Å². The molecule has 0 aliphatic rings. The van der Waals surface area contributed by atoms with Crippen molar-refractivity contribution in [2.45, 2.75) is 6.42 Å². The van der Waals surface area contributed by atoms with Crippen molar-refractivity contribution in [2.24, 2.45) is 0 Å². The quantitative estimate of drug-likeness (QED) is 0.492. The van der Waals surface area contributed by atoms with E-state index in [4.69, 9.17) is 4.74 Å². The maximum Gasteiger partial charge on any atom is 0.120 e. The van der Waals surface area contributed by atoms with Crippen LogP contribution < -0.4 is 4.74 Å². The highest BCUT2D eigenvalue weighted by molar-refractivity contribution is 5.39. The van der Waals surface area contributed by atoms with Gasteiger partial charge < -0.3 is 4.74 Å². The van der Waals surface area contributed by atoms with Crippen LogP contribution in [-0.4, -0.2) is 7.11 Å². The summed E-state index contributed by atoms with van der Waals surface area (Å²) < 4.78 is 5.07. The summed E-state index contributed by atoms with van der Waals surface area (Å²) >= 11 is 0. The smallest absolute Gasteiger partial charge is 0.120 e. The molecule has 0 radical (unpaired) electrons. The molecule has 0 aromatic heterocycles. The molecule has 1 nitrogen and oxygen atoms in total. The molecule has 1 aromatic rings. The van der Waals surface area contributed by atoms with E-state index in [9.17, 15) is 0 Å². The molecular weight excluding hydrogens is 160 g/mol. The highest BCUT2D eigenvalue weighted by Crippen LogP contribution is 2.11. The van der Waals surface area contributed by atoms with Gasteiger partial charge in [0.25, 0.3) is 0 Å². The first kappa shape index (κ1) is 9.41. The zero-order valence-electron chi connectivity index (χ0n) is 7.71. The Kier molecular flexibility index (Phi) is 3.66. The van der Waals surface area contributed by atoms with Gasteiger partial charge in [-0.1, -0.05) is 24.0 Å². The molecule has 0 heterocycles. The molecule has 0 fully saturated rings. The number of hydrogen-bond donors (Lipinski definition) is 0. The summed E-state index contributed by atoms with van der Waals surface area (Å²) in [4.78, 5) is 0. The number of hydrogen-bond acceptors (Lipinski definition) is 1. The highest BCUT2D eigenvalue weighted by atomic mass is 16.5. The van der Waals surface area contributed by atoms with Crippen molar-refractivity contribution >= 4 is 0 Å². The van der Waals surface area contributed by atoms with E-state index in [0.29, 0.717) is 0 Å². The van der Waals surface area contributed by atoms with Gasteiger partial charge in [-0.05, 0) is 18.2 Å². The molecule has 1 rings (SSSR count). The van der Waals surface area contributed by atoms with Crippen molar-refractivity contribution in [3.63, 3.8) is 0 Å². The van der Waals surface area contributed by atoms with Crippen LogP contribution in [0.2, 0.25) is 0 Å². The fraction of sp³-hybridized carbons (Fsp3) is 0.167. The number of benzene rings is 1. The lowest BCUT2D eigenvalue weighted by Crippen LogP contribution is -1.82. The molecule has 1 aromatic carbocycles. The fourth-order valence-corrected chi connectivity index (χ4v) is 0.926. The Balaban J connectivity index is 2.78. The molecule has 0 N–H and O–H groups in total. The van der Waals surface area contributed by atoms with E-state index >= 15 is 0 Å². The van der Waals surface area contributed by atoms with Crippen LogP contribution in [0.25, 0.3) is 0 Å². The van der Waals surface area contributed by atoms with Crippen molar-refractivity contribution in [1.82, 2.24) is 0 Å². The van der Waals surface area contributed by atoms with E-state index in [-0.39, 0.29) is 0 Å². The summed E-state index contributed by atoms with van der Waals surface area (Å²) in [6, 6.07) is 7.70. The average molecular weight is 172 g/mol. The van der Waals surface area contributed by atoms with Crippen LogP contribution in [0.5, 0.6) is 5.75 Å². The van der Waals surface area contributed by atoms with Crippen LogP contribution in [0.15, 0.2) is 36.9 Å². The third-order valence-corrected chi connectivity index (χ3v) is 1.55. The molecule has 0 aliphatic heterocycles. The number of rotatable bonds is 2. The van der Waals surface area contributed by atoms with Crippen molar-refractivity contribution in [3.05, 3.63) is 42.5 Å². The lowest BCUT2D eigenvalue weighted by atomic mass is 10.2. The molecule has 13 heavy (non-hydrogen) atoms. The predicted octanol–water partition coefficient (Wildman–Crippen LogP) is 2.62. The summed E-state index contributed by atoms with van der Waals surface area (Å²) in [6.45, 7) is 3.60. The zero-order chi connectivity index (χ0) is 9.52. The molecule has 1 heteroatoms. The largest absolute Gasteiger partial charge is 0.497 e. The standard InChI is InChI=1S/C12H12O/c1-3-4-5-7-11-8-6-9-12(10-11)13-2/h3,6,8-10H,1,4H2,2H3. The average Bonchev–Trinajstić information content (AvgIpc) is 2.19. The Morgan fingerprint density at radius 3 is 3.08 bits per heavy atom. The number of allylic oxidation sites excluding steroid dienone is 1. The van der Waals surface area contributed by atoms with Crippen LogP contribution in [0.1, 0.15) is 12.0 Å². The second-order valence-electron chi connectivity index (χ2n) is 2.53. The Morgan fingerprint density at radius 1 is 1.54 bits per heavy atom. The van der Waals surface area contributed by atoms with Gasteiger partial charge in [0.05, 0.1) is 7.11 Å². The minimum Gasteiger partial charge on any atom is -0.497 e. The van der Waals surface area contributed by atoms with Crippen LogP contribution in [0, 0.1) is 11.8 Å². The maximum atomic E-state index is 5.07. The van der Waals surface area contributed by atoms with Gasteiger partial charge in [0.1, 0.15) is 5.75 Å². The normalized spacial score (nSPS) is 8.38. The summed E-state index contributed by atoms with van der Waals surface area (Å²) in [7, 11) is 1.65. The van der Waals surface area contributed by atoms with Crippen molar-refractivity contribution in [1.29, 1.82) is 0 Å². The Hall–Kier alpha value is -1.68. The lowest BCUT2D eigenvalue weighted by molar-refractivity contribution is 0.414.